The number of ether oxygens (including phenoxy) is 1. The standard InChI is InChI=1S/C16H17BrN2O4/c1-16(22)7-10-12(14(20)19-18-10)11(13(16)15(21)23-2)8-4-3-5-9(17)6-8/h3-6,11,13,22H,7H2,1-2H3,(H2,18,19,20)/t11-,13+,16+/m1/s1. The van der Waals surface area contributed by atoms with Crippen molar-refractivity contribution in [1.82, 2.24) is 10.2 Å². The average molecular weight is 381 g/mol. The van der Waals surface area contributed by atoms with E-state index < -0.39 is 23.4 Å². The number of hydrogen-bond acceptors (Lipinski definition) is 4. The lowest BCUT2D eigenvalue weighted by atomic mass is 9.66. The summed E-state index contributed by atoms with van der Waals surface area (Å²) < 4.78 is 5.74. The number of aromatic amines is 2. The molecule has 3 rings (SSSR count). The Hall–Kier alpha value is -1.86. The van der Waals surface area contributed by atoms with Crippen LogP contribution in [-0.4, -0.2) is 34.0 Å². The van der Waals surface area contributed by atoms with Gasteiger partial charge in [-0.1, -0.05) is 28.1 Å². The largest absolute Gasteiger partial charge is 0.469 e. The van der Waals surface area contributed by atoms with Crippen LogP contribution in [0.25, 0.3) is 0 Å². The fourth-order valence-electron chi connectivity index (χ4n) is 3.44. The fourth-order valence-corrected chi connectivity index (χ4v) is 3.86. The molecule has 23 heavy (non-hydrogen) atoms. The van der Waals surface area contributed by atoms with Crippen molar-refractivity contribution in [2.45, 2.75) is 24.9 Å². The number of H-pyrrole nitrogens is 2. The van der Waals surface area contributed by atoms with Crippen molar-refractivity contribution < 1.29 is 14.6 Å². The molecule has 0 radical (unpaired) electrons. The number of aromatic nitrogens is 2. The van der Waals surface area contributed by atoms with Crippen LogP contribution in [0.15, 0.2) is 33.5 Å². The summed E-state index contributed by atoms with van der Waals surface area (Å²) in [5.41, 5.74) is 0.240. The van der Waals surface area contributed by atoms with E-state index in [0.717, 1.165) is 10.0 Å². The molecule has 122 valence electrons. The Morgan fingerprint density at radius 3 is 2.83 bits per heavy atom. The lowest BCUT2D eigenvalue weighted by molar-refractivity contribution is -0.156. The summed E-state index contributed by atoms with van der Waals surface area (Å²) >= 11 is 3.41. The molecular formula is C16H17BrN2O4. The summed E-state index contributed by atoms with van der Waals surface area (Å²) in [6.45, 7) is 1.59. The number of hydrogen-bond donors (Lipinski definition) is 3. The first-order valence-corrected chi connectivity index (χ1v) is 7.99. The summed E-state index contributed by atoms with van der Waals surface area (Å²) in [5, 5.41) is 16.2. The molecule has 1 aromatic heterocycles. The molecule has 0 amide bonds. The number of fused-ring (bicyclic) bond motifs is 1. The van der Waals surface area contributed by atoms with Crippen molar-refractivity contribution >= 4 is 21.9 Å². The highest BCUT2D eigenvalue weighted by molar-refractivity contribution is 9.10. The van der Waals surface area contributed by atoms with Gasteiger partial charge in [-0.2, -0.15) is 0 Å². The molecule has 1 aliphatic rings. The van der Waals surface area contributed by atoms with Crippen LogP contribution in [0, 0.1) is 5.92 Å². The summed E-state index contributed by atoms with van der Waals surface area (Å²) in [6, 6.07) is 7.37. The Kier molecular flexibility index (Phi) is 3.93. The van der Waals surface area contributed by atoms with E-state index in [-0.39, 0.29) is 12.0 Å². The van der Waals surface area contributed by atoms with Gasteiger partial charge in [0.15, 0.2) is 0 Å². The Morgan fingerprint density at radius 1 is 1.43 bits per heavy atom. The fraction of sp³-hybridized carbons (Fsp3) is 0.375. The minimum atomic E-state index is -1.34. The highest BCUT2D eigenvalue weighted by Crippen LogP contribution is 2.44. The minimum Gasteiger partial charge on any atom is -0.469 e. The van der Waals surface area contributed by atoms with Crippen LogP contribution in [0.3, 0.4) is 0 Å². The molecule has 1 aliphatic carbocycles. The maximum absolute atomic E-state index is 12.4. The second-order valence-corrected chi connectivity index (χ2v) is 6.95. The number of nitrogens with one attached hydrogen (secondary N) is 2. The molecule has 1 aromatic carbocycles. The van der Waals surface area contributed by atoms with E-state index in [2.05, 4.69) is 26.1 Å². The van der Waals surface area contributed by atoms with Gasteiger partial charge in [0.1, 0.15) is 0 Å². The summed E-state index contributed by atoms with van der Waals surface area (Å²) in [5.74, 6) is -1.99. The van der Waals surface area contributed by atoms with Crippen LogP contribution >= 0.6 is 15.9 Å². The number of rotatable bonds is 2. The van der Waals surface area contributed by atoms with Crippen LogP contribution in [0.4, 0.5) is 0 Å². The number of carbonyl (C=O) groups excluding carboxylic acids is 1. The molecule has 0 spiro atoms. The first kappa shape index (κ1) is 16.0. The van der Waals surface area contributed by atoms with Crippen molar-refractivity contribution in [2.24, 2.45) is 5.92 Å². The van der Waals surface area contributed by atoms with E-state index in [9.17, 15) is 14.7 Å². The third-order valence-corrected chi connectivity index (χ3v) is 4.90. The van der Waals surface area contributed by atoms with Crippen LogP contribution in [0.5, 0.6) is 0 Å². The van der Waals surface area contributed by atoms with Gasteiger partial charge in [-0.05, 0) is 24.6 Å². The molecule has 2 aromatic rings. The zero-order chi connectivity index (χ0) is 16.8. The smallest absolute Gasteiger partial charge is 0.312 e. The zero-order valence-corrected chi connectivity index (χ0v) is 14.3. The van der Waals surface area contributed by atoms with E-state index in [1.165, 1.54) is 7.11 Å². The predicted octanol–water partition coefficient (Wildman–Crippen LogP) is 1.69. The minimum absolute atomic E-state index is 0.172. The van der Waals surface area contributed by atoms with Gasteiger partial charge in [-0.3, -0.25) is 14.7 Å². The number of halogens is 1. The van der Waals surface area contributed by atoms with Crippen LogP contribution < -0.4 is 5.56 Å². The van der Waals surface area contributed by atoms with Crippen molar-refractivity contribution in [3.63, 3.8) is 0 Å². The molecule has 3 atom stereocenters. The van der Waals surface area contributed by atoms with Crippen molar-refractivity contribution in [3.8, 4) is 0 Å². The Labute approximate surface area is 141 Å². The van der Waals surface area contributed by atoms with Crippen LogP contribution in [0.1, 0.15) is 29.7 Å². The molecule has 0 unspecified atom stereocenters. The molecule has 0 bridgehead atoms. The summed E-state index contributed by atoms with van der Waals surface area (Å²) in [7, 11) is 1.28. The molecule has 6 nitrogen and oxygen atoms in total. The molecule has 0 fully saturated rings. The Morgan fingerprint density at radius 2 is 2.17 bits per heavy atom. The van der Waals surface area contributed by atoms with Gasteiger partial charge in [-0.25, -0.2) is 0 Å². The van der Waals surface area contributed by atoms with Crippen molar-refractivity contribution in [3.05, 3.63) is 55.9 Å². The van der Waals surface area contributed by atoms with Gasteiger partial charge in [0.25, 0.3) is 5.56 Å². The molecule has 7 heteroatoms. The average Bonchev–Trinajstić information content (AvgIpc) is 2.84. The second-order valence-electron chi connectivity index (χ2n) is 6.04. The number of benzene rings is 1. The second kappa shape index (κ2) is 5.65. The van der Waals surface area contributed by atoms with E-state index in [0.29, 0.717) is 11.3 Å². The first-order valence-electron chi connectivity index (χ1n) is 7.20. The summed E-state index contributed by atoms with van der Waals surface area (Å²) in [4.78, 5) is 24.6. The summed E-state index contributed by atoms with van der Waals surface area (Å²) in [6.07, 6.45) is 0.172. The zero-order valence-electron chi connectivity index (χ0n) is 12.7. The van der Waals surface area contributed by atoms with Crippen LogP contribution in [-0.2, 0) is 16.0 Å². The van der Waals surface area contributed by atoms with Gasteiger partial charge < -0.3 is 14.9 Å². The maximum atomic E-state index is 12.4. The Balaban J connectivity index is 2.26. The highest BCUT2D eigenvalue weighted by Gasteiger charge is 2.51. The third-order valence-electron chi connectivity index (χ3n) is 4.41. The molecular weight excluding hydrogens is 364 g/mol. The predicted molar refractivity (Wildman–Crippen MR) is 87.2 cm³/mol. The monoisotopic (exact) mass is 380 g/mol. The van der Waals surface area contributed by atoms with Crippen LogP contribution in [0.2, 0.25) is 0 Å². The molecule has 0 saturated heterocycles. The number of aliphatic hydroxyl groups is 1. The van der Waals surface area contributed by atoms with E-state index >= 15 is 0 Å². The number of carbonyl (C=O) groups is 1. The number of methoxy groups -OCH3 is 1. The van der Waals surface area contributed by atoms with E-state index in [1.54, 1.807) is 6.92 Å². The first-order chi connectivity index (χ1) is 10.8. The third kappa shape index (κ3) is 2.64. The number of esters is 1. The molecule has 1 heterocycles. The van der Waals surface area contributed by atoms with Gasteiger partial charge >= 0.3 is 5.97 Å². The lowest BCUT2D eigenvalue weighted by Crippen LogP contribution is -2.49. The molecule has 0 aliphatic heterocycles. The SMILES string of the molecule is COC(=O)[C@@H]1[C@H](c2cccc(Br)c2)c2c([nH][nH]c2=O)C[C@]1(C)O. The quantitative estimate of drug-likeness (QED) is 0.690. The maximum Gasteiger partial charge on any atom is 0.312 e. The van der Waals surface area contributed by atoms with Gasteiger partial charge in [0.05, 0.1) is 18.6 Å². The van der Waals surface area contributed by atoms with Gasteiger partial charge in [-0.15, -0.1) is 0 Å². The van der Waals surface area contributed by atoms with E-state index in [1.807, 2.05) is 24.3 Å². The molecule has 0 saturated carbocycles. The van der Waals surface area contributed by atoms with Gasteiger partial charge in [0.2, 0.25) is 0 Å². The van der Waals surface area contributed by atoms with Crippen molar-refractivity contribution in [2.75, 3.05) is 7.11 Å². The van der Waals surface area contributed by atoms with Gasteiger partial charge in [0, 0.05) is 28.1 Å². The molecule has 3 N–H and O–H groups in total. The highest BCUT2D eigenvalue weighted by atomic mass is 79.9. The lowest BCUT2D eigenvalue weighted by Gasteiger charge is -2.40. The Bertz CT molecular complexity index is 808. The topological polar surface area (TPSA) is 95.2 Å². The normalized spacial score (nSPS) is 26.6. The van der Waals surface area contributed by atoms with Crippen molar-refractivity contribution in [1.29, 1.82) is 0 Å². The van der Waals surface area contributed by atoms with E-state index in [4.69, 9.17) is 4.74 Å².